The summed E-state index contributed by atoms with van der Waals surface area (Å²) in [6, 6.07) is 5.64. The Morgan fingerprint density at radius 1 is 1.26 bits per heavy atom. The molecular weight excluding hydrogens is 382 g/mol. The number of aryl methyl sites for hydroxylation is 3. The Bertz CT molecular complexity index is 921. The average molecular weight is 404 g/mol. The van der Waals surface area contributed by atoms with Crippen molar-refractivity contribution in [1.29, 1.82) is 0 Å². The van der Waals surface area contributed by atoms with E-state index >= 15 is 0 Å². The molecule has 2 amide bonds. The Balaban J connectivity index is 1.57. The molecule has 4 N–H and O–H groups in total. The van der Waals surface area contributed by atoms with Gasteiger partial charge in [0.05, 0.1) is 5.56 Å². The van der Waals surface area contributed by atoms with Gasteiger partial charge in [-0.15, -0.1) is 11.3 Å². The number of nitrogens with one attached hydrogen (secondary N) is 2. The molecule has 0 fully saturated rings. The standard InChI is InChI=1S/C19H21N3O3S2/c1-10-6-7-12(8-11(10)2)25-9-15(23)21-19(26)22-18-16(17(20)24)13-4-3-5-14(13)27-18/h6-8H,3-5,9H2,1-2H3,(H2,20,24)(H2,21,22,23,26). The number of thiophene rings is 1. The zero-order chi connectivity index (χ0) is 19.6. The Hall–Kier alpha value is -2.45. The maximum absolute atomic E-state index is 12.1. The van der Waals surface area contributed by atoms with Crippen molar-refractivity contribution in [2.75, 3.05) is 11.9 Å². The quantitative estimate of drug-likeness (QED) is 0.668. The second kappa shape index (κ2) is 8.06. The fourth-order valence-electron chi connectivity index (χ4n) is 3.00. The molecule has 0 radical (unpaired) electrons. The fraction of sp³-hybridized carbons (Fsp3) is 0.316. The van der Waals surface area contributed by atoms with E-state index in [1.807, 2.05) is 32.0 Å². The smallest absolute Gasteiger partial charge is 0.264 e. The van der Waals surface area contributed by atoms with Crippen molar-refractivity contribution >= 4 is 45.5 Å². The number of ether oxygens (including phenoxy) is 1. The number of primary amides is 1. The number of rotatable bonds is 5. The van der Waals surface area contributed by atoms with Gasteiger partial charge in [-0.1, -0.05) is 6.07 Å². The lowest BCUT2D eigenvalue weighted by molar-refractivity contribution is -0.121. The summed E-state index contributed by atoms with van der Waals surface area (Å²) in [6.45, 7) is 3.83. The van der Waals surface area contributed by atoms with E-state index in [1.54, 1.807) is 0 Å². The van der Waals surface area contributed by atoms with Gasteiger partial charge in [0.25, 0.3) is 11.8 Å². The van der Waals surface area contributed by atoms with Gasteiger partial charge in [0.15, 0.2) is 11.7 Å². The van der Waals surface area contributed by atoms with Crippen LogP contribution in [0.1, 0.15) is 38.3 Å². The second-order valence-corrected chi connectivity index (χ2v) is 7.98. The molecule has 1 aromatic carbocycles. The summed E-state index contributed by atoms with van der Waals surface area (Å²) in [5, 5.41) is 6.20. The summed E-state index contributed by atoms with van der Waals surface area (Å²) in [4.78, 5) is 25.0. The van der Waals surface area contributed by atoms with Crippen LogP contribution in [0.2, 0.25) is 0 Å². The number of hydrogen-bond acceptors (Lipinski definition) is 5. The maximum Gasteiger partial charge on any atom is 0.264 e. The molecule has 2 aromatic rings. The number of hydrogen-bond donors (Lipinski definition) is 3. The minimum absolute atomic E-state index is 0.117. The summed E-state index contributed by atoms with van der Waals surface area (Å²) in [6.07, 6.45) is 2.80. The third-order valence-electron chi connectivity index (χ3n) is 4.50. The largest absolute Gasteiger partial charge is 0.484 e. The van der Waals surface area contributed by atoms with Crippen LogP contribution in [0.25, 0.3) is 0 Å². The first-order chi connectivity index (χ1) is 12.8. The highest BCUT2D eigenvalue weighted by atomic mass is 32.1. The molecule has 1 aromatic heterocycles. The molecule has 1 aliphatic carbocycles. The molecule has 0 saturated heterocycles. The van der Waals surface area contributed by atoms with E-state index in [9.17, 15) is 9.59 Å². The van der Waals surface area contributed by atoms with E-state index in [4.69, 9.17) is 22.7 Å². The van der Waals surface area contributed by atoms with Crippen LogP contribution >= 0.6 is 23.6 Å². The summed E-state index contributed by atoms with van der Waals surface area (Å²) in [5.74, 6) is -0.239. The van der Waals surface area contributed by atoms with Crippen LogP contribution in [0.5, 0.6) is 5.75 Å². The second-order valence-electron chi connectivity index (χ2n) is 6.46. The van der Waals surface area contributed by atoms with Crippen molar-refractivity contribution in [2.24, 2.45) is 5.73 Å². The summed E-state index contributed by atoms with van der Waals surface area (Å²) in [5.41, 5.74) is 9.26. The van der Waals surface area contributed by atoms with Crippen molar-refractivity contribution < 1.29 is 14.3 Å². The summed E-state index contributed by atoms with van der Waals surface area (Å²) >= 11 is 6.65. The maximum atomic E-state index is 12.1. The summed E-state index contributed by atoms with van der Waals surface area (Å²) in [7, 11) is 0. The SMILES string of the molecule is Cc1ccc(OCC(=O)NC(=S)Nc2sc3c(c2C(N)=O)CCC3)cc1C. The zero-order valence-corrected chi connectivity index (χ0v) is 16.8. The Morgan fingerprint density at radius 3 is 2.74 bits per heavy atom. The lowest BCUT2D eigenvalue weighted by Crippen LogP contribution is -2.37. The molecule has 0 saturated carbocycles. The molecule has 1 heterocycles. The monoisotopic (exact) mass is 403 g/mol. The number of nitrogens with two attached hydrogens (primary N) is 1. The van der Waals surface area contributed by atoms with Gasteiger partial charge in [0, 0.05) is 4.88 Å². The molecule has 3 rings (SSSR count). The minimum atomic E-state index is -0.482. The Labute approximate surface area is 167 Å². The molecule has 0 aliphatic heterocycles. The van der Waals surface area contributed by atoms with Gasteiger partial charge >= 0.3 is 0 Å². The summed E-state index contributed by atoms with van der Waals surface area (Å²) < 4.78 is 5.50. The molecule has 0 spiro atoms. The van der Waals surface area contributed by atoms with Crippen molar-refractivity contribution in [2.45, 2.75) is 33.1 Å². The Morgan fingerprint density at radius 2 is 2.04 bits per heavy atom. The topological polar surface area (TPSA) is 93.4 Å². The highest BCUT2D eigenvalue weighted by Gasteiger charge is 2.25. The van der Waals surface area contributed by atoms with Gasteiger partial charge in [-0.05, 0) is 74.2 Å². The van der Waals surface area contributed by atoms with Crippen molar-refractivity contribution in [1.82, 2.24) is 5.32 Å². The molecule has 0 unspecified atom stereocenters. The number of anilines is 1. The van der Waals surface area contributed by atoms with Crippen LogP contribution in [-0.2, 0) is 17.6 Å². The van der Waals surface area contributed by atoms with E-state index in [0.29, 0.717) is 16.3 Å². The molecule has 1 aliphatic rings. The van der Waals surface area contributed by atoms with Gasteiger partial charge in [-0.2, -0.15) is 0 Å². The van der Waals surface area contributed by atoms with Crippen molar-refractivity contribution in [3.63, 3.8) is 0 Å². The first kappa shape index (κ1) is 19.3. The average Bonchev–Trinajstić information content (AvgIpc) is 3.16. The van der Waals surface area contributed by atoms with Gasteiger partial charge in [0.1, 0.15) is 10.8 Å². The van der Waals surface area contributed by atoms with E-state index in [0.717, 1.165) is 40.8 Å². The highest BCUT2D eigenvalue weighted by molar-refractivity contribution is 7.80. The molecule has 27 heavy (non-hydrogen) atoms. The fourth-order valence-corrected chi connectivity index (χ4v) is 4.58. The van der Waals surface area contributed by atoms with Crippen LogP contribution < -0.4 is 21.1 Å². The molecule has 8 heteroatoms. The predicted molar refractivity (Wildman–Crippen MR) is 111 cm³/mol. The lowest BCUT2D eigenvalue weighted by atomic mass is 10.1. The van der Waals surface area contributed by atoms with Crippen LogP contribution in [0.4, 0.5) is 5.00 Å². The molecule has 142 valence electrons. The molecular formula is C19H21N3O3S2. The van der Waals surface area contributed by atoms with Gasteiger partial charge in [-0.25, -0.2) is 0 Å². The van der Waals surface area contributed by atoms with E-state index < -0.39 is 5.91 Å². The number of thiocarbonyl (C=S) groups is 1. The number of carbonyl (C=O) groups is 2. The van der Waals surface area contributed by atoms with Crippen molar-refractivity contribution in [3.8, 4) is 5.75 Å². The third-order valence-corrected chi connectivity index (χ3v) is 5.91. The zero-order valence-electron chi connectivity index (χ0n) is 15.2. The van der Waals surface area contributed by atoms with Crippen LogP contribution in [0.15, 0.2) is 18.2 Å². The van der Waals surface area contributed by atoms with Gasteiger partial charge in [-0.3, -0.25) is 14.9 Å². The van der Waals surface area contributed by atoms with Crippen LogP contribution in [0, 0.1) is 13.8 Å². The predicted octanol–water partition coefficient (Wildman–Crippen LogP) is 2.84. The molecule has 0 atom stereocenters. The van der Waals surface area contributed by atoms with E-state index in [-0.39, 0.29) is 17.6 Å². The minimum Gasteiger partial charge on any atom is -0.484 e. The number of carbonyl (C=O) groups excluding carboxylic acids is 2. The number of amides is 2. The highest BCUT2D eigenvalue weighted by Crippen LogP contribution is 2.38. The Kier molecular flexibility index (Phi) is 5.76. The van der Waals surface area contributed by atoms with Gasteiger partial charge in [0.2, 0.25) is 0 Å². The number of benzene rings is 1. The van der Waals surface area contributed by atoms with Crippen molar-refractivity contribution in [3.05, 3.63) is 45.3 Å². The van der Waals surface area contributed by atoms with E-state index in [1.165, 1.54) is 11.3 Å². The first-order valence-corrected chi connectivity index (χ1v) is 9.83. The lowest BCUT2D eigenvalue weighted by Gasteiger charge is -2.11. The normalized spacial score (nSPS) is 12.4. The first-order valence-electron chi connectivity index (χ1n) is 8.60. The van der Waals surface area contributed by atoms with Crippen LogP contribution in [-0.4, -0.2) is 23.5 Å². The third kappa shape index (κ3) is 4.45. The molecule has 6 nitrogen and oxygen atoms in total. The van der Waals surface area contributed by atoms with Crippen LogP contribution in [0.3, 0.4) is 0 Å². The molecule has 0 bridgehead atoms. The van der Waals surface area contributed by atoms with Gasteiger partial charge < -0.3 is 15.8 Å². The van der Waals surface area contributed by atoms with E-state index in [2.05, 4.69) is 10.6 Å². The number of fused-ring (bicyclic) bond motifs is 1.